The van der Waals surface area contributed by atoms with E-state index in [1.165, 1.54) is 6.07 Å². The minimum Gasteiger partial charge on any atom is -0.349 e. The van der Waals surface area contributed by atoms with Crippen molar-refractivity contribution in [1.82, 2.24) is 15.5 Å². The van der Waals surface area contributed by atoms with Crippen molar-refractivity contribution in [2.75, 3.05) is 0 Å². The Balaban J connectivity index is 1.98. The Bertz CT molecular complexity index is 569. The predicted octanol–water partition coefficient (Wildman–Crippen LogP) is 2.11. The van der Waals surface area contributed by atoms with Gasteiger partial charge in [-0.25, -0.2) is 8.78 Å². The summed E-state index contributed by atoms with van der Waals surface area (Å²) >= 11 is 0. The summed E-state index contributed by atoms with van der Waals surface area (Å²) in [7, 11) is 0. The highest BCUT2D eigenvalue weighted by Gasteiger charge is 2.13. The van der Waals surface area contributed by atoms with Crippen molar-refractivity contribution in [3.8, 4) is 0 Å². The van der Waals surface area contributed by atoms with Crippen molar-refractivity contribution < 1.29 is 13.6 Å². The molecule has 2 rings (SSSR count). The lowest BCUT2D eigenvalue weighted by Gasteiger charge is -2.12. The first-order chi connectivity index (χ1) is 9.06. The van der Waals surface area contributed by atoms with E-state index in [0.29, 0.717) is 0 Å². The topological polar surface area (TPSA) is 57.8 Å². The summed E-state index contributed by atoms with van der Waals surface area (Å²) in [6, 6.07) is 2.94. The SMILES string of the molecule is CC(NC(=O)Cc1ccc(F)cc1F)c1cn[nH]c1. The van der Waals surface area contributed by atoms with Gasteiger partial charge in [0.1, 0.15) is 11.6 Å². The van der Waals surface area contributed by atoms with E-state index in [1.807, 2.05) is 0 Å². The molecule has 1 atom stereocenters. The molecule has 1 aromatic carbocycles. The fraction of sp³-hybridized carbons (Fsp3) is 0.231. The number of rotatable bonds is 4. The molecule has 6 heteroatoms. The van der Waals surface area contributed by atoms with E-state index in [0.717, 1.165) is 17.7 Å². The van der Waals surface area contributed by atoms with Crippen LogP contribution in [0.4, 0.5) is 8.78 Å². The fourth-order valence-corrected chi connectivity index (χ4v) is 1.71. The zero-order chi connectivity index (χ0) is 13.8. The lowest BCUT2D eigenvalue weighted by molar-refractivity contribution is -0.121. The van der Waals surface area contributed by atoms with Gasteiger partial charge in [-0.3, -0.25) is 9.89 Å². The van der Waals surface area contributed by atoms with Gasteiger partial charge in [-0.2, -0.15) is 5.10 Å². The Hall–Kier alpha value is -2.24. The van der Waals surface area contributed by atoms with Crippen LogP contribution in [0.5, 0.6) is 0 Å². The maximum Gasteiger partial charge on any atom is 0.225 e. The molecule has 2 aromatic rings. The molecule has 1 unspecified atom stereocenters. The van der Waals surface area contributed by atoms with Crippen LogP contribution in [0.3, 0.4) is 0 Å². The summed E-state index contributed by atoms with van der Waals surface area (Å²) in [5.41, 5.74) is 0.992. The molecule has 100 valence electrons. The maximum absolute atomic E-state index is 13.4. The summed E-state index contributed by atoms with van der Waals surface area (Å²) in [6.07, 6.45) is 3.14. The molecule has 0 aliphatic carbocycles. The smallest absolute Gasteiger partial charge is 0.225 e. The molecule has 1 aromatic heterocycles. The second-order valence-electron chi connectivity index (χ2n) is 4.23. The summed E-state index contributed by atoms with van der Waals surface area (Å²) in [4.78, 5) is 11.8. The molecular weight excluding hydrogens is 252 g/mol. The van der Waals surface area contributed by atoms with E-state index in [2.05, 4.69) is 15.5 Å². The summed E-state index contributed by atoms with van der Waals surface area (Å²) < 4.78 is 26.1. The van der Waals surface area contributed by atoms with Crippen molar-refractivity contribution in [3.63, 3.8) is 0 Å². The number of H-pyrrole nitrogens is 1. The normalized spacial score (nSPS) is 12.2. The number of aromatic amines is 1. The highest BCUT2D eigenvalue weighted by molar-refractivity contribution is 5.79. The van der Waals surface area contributed by atoms with E-state index >= 15 is 0 Å². The third-order valence-corrected chi connectivity index (χ3v) is 2.76. The van der Waals surface area contributed by atoms with Crippen LogP contribution >= 0.6 is 0 Å². The standard InChI is InChI=1S/C13H13F2N3O/c1-8(10-6-16-17-7-10)18-13(19)4-9-2-3-11(14)5-12(9)15/h2-3,5-8H,4H2,1H3,(H,16,17)(H,18,19). The zero-order valence-electron chi connectivity index (χ0n) is 10.3. The number of aromatic nitrogens is 2. The molecule has 4 nitrogen and oxygen atoms in total. The first-order valence-corrected chi connectivity index (χ1v) is 5.78. The Kier molecular flexibility index (Phi) is 3.89. The van der Waals surface area contributed by atoms with Crippen molar-refractivity contribution >= 4 is 5.91 Å². The van der Waals surface area contributed by atoms with Gasteiger partial charge in [0, 0.05) is 17.8 Å². The number of halogens is 2. The number of nitrogens with zero attached hydrogens (tertiary/aromatic N) is 1. The highest BCUT2D eigenvalue weighted by atomic mass is 19.1. The van der Waals surface area contributed by atoms with Gasteiger partial charge in [-0.15, -0.1) is 0 Å². The molecular formula is C13H13F2N3O. The van der Waals surface area contributed by atoms with Gasteiger partial charge in [-0.1, -0.05) is 6.07 Å². The van der Waals surface area contributed by atoms with E-state index in [1.54, 1.807) is 19.3 Å². The van der Waals surface area contributed by atoms with Crippen LogP contribution in [0.25, 0.3) is 0 Å². The molecule has 1 heterocycles. The number of carbonyl (C=O) groups is 1. The van der Waals surface area contributed by atoms with Crippen molar-refractivity contribution in [2.24, 2.45) is 0 Å². The highest BCUT2D eigenvalue weighted by Crippen LogP contribution is 2.12. The summed E-state index contributed by atoms with van der Waals surface area (Å²) in [5, 5.41) is 9.14. The third kappa shape index (κ3) is 3.37. The lowest BCUT2D eigenvalue weighted by Crippen LogP contribution is -2.28. The number of hydrogen-bond donors (Lipinski definition) is 2. The Morgan fingerprint density at radius 1 is 1.47 bits per heavy atom. The fourth-order valence-electron chi connectivity index (χ4n) is 1.71. The second-order valence-corrected chi connectivity index (χ2v) is 4.23. The molecule has 0 spiro atoms. The van der Waals surface area contributed by atoms with Gasteiger partial charge in [0.25, 0.3) is 0 Å². The van der Waals surface area contributed by atoms with Gasteiger partial charge in [0.05, 0.1) is 18.7 Å². The molecule has 0 radical (unpaired) electrons. The van der Waals surface area contributed by atoms with Crippen LogP contribution in [-0.4, -0.2) is 16.1 Å². The van der Waals surface area contributed by atoms with Crippen LogP contribution < -0.4 is 5.32 Å². The van der Waals surface area contributed by atoms with E-state index in [4.69, 9.17) is 0 Å². The van der Waals surface area contributed by atoms with Crippen LogP contribution in [0.15, 0.2) is 30.6 Å². The molecule has 0 aliphatic heterocycles. The first kappa shape index (κ1) is 13.2. The number of carbonyl (C=O) groups excluding carboxylic acids is 1. The third-order valence-electron chi connectivity index (χ3n) is 2.76. The van der Waals surface area contributed by atoms with Crippen molar-refractivity contribution in [1.29, 1.82) is 0 Å². The van der Waals surface area contributed by atoms with Crippen LogP contribution in [-0.2, 0) is 11.2 Å². The van der Waals surface area contributed by atoms with E-state index in [-0.39, 0.29) is 23.9 Å². The Morgan fingerprint density at radius 2 is 2.26 bits per heavy atom. The second kappa shape index (κ2) is 5.60. The number of amides is 1. The largest absolute Gasteiger partial charge is 0.349 e. The molecule has 1 amide bonds. The lowest BCUT2D eigenvalue weighted by atomic mass is 10.1. The summed E-state index contributed by atoms with van der Waals surface area (Å²) in [6.45, 7) is 1.80. The molecule has 0 saturated heterocycles. The maximum atomic E-state index is 13.4. The number of hydrogen-bond acceptors (Lipinski definition) is 2. The molecule has 0 saturated carbocycles. The van der Waals surface area contributed by atoms with Crippen LogP contribution in [0.1, 0.15) is 24.1 Å². The minimum atomic E-state index is -0.717. The monoisotopic (exact) mass is 265 g/mol. The number of nitrogens with one attached hydrogen (secondary N) is 2. The van der Waals surface area contributed by atoms with Gasteiger partial charge in [0.15, 0.2) is 0 Å². The average Bonchev–Trinajstić information content (AvgIpc) is 2.86. The average molecular weight is 265 g/mol. The van der Waals surface area contributed by atoms with Gasteiger partial charge in [-0.05, 0) is 18.6 Å². The van der Waals surface area contributed by atoms with E-state index < -0.39 is 11.6 Å². The van der Waals surface area contributed by atoms with Gasteiger partial charge >= 0.3 is 0 Å². The molecule has 0 fully saturated rings. The van der Waals surface area contributed by atoms with Crippen LogP contribution in [0.2, 0.25) is 0 Å². The molecule has 0 bridgehead atoms. The van der Waals surface area contributed by atoms with Crippen molar-refractivity contribution in [3.05, 3.63) is 53.4 Å². The zero-order valence-corrected chi connectivity index (χ0v) is 10.3. The molecule has 2 N–H and O–H groups in total. The van der Waals surface area contributed by atoms with Crippen molar-refractivity contribution in [2.45, 2.75) is 19.4 Å². The first-order valence-electron chi connectivity index (χ1n) is 5.78. The van der Waals surface area contributed by atoms with Gasteiger partial charge < -0.3 is 5.32 Å². The Morgan fingerprint density at radius 3 is 2.89 bits per heavy atom. The summed E-state index contributed by atoms with van der Waals surface area (Å²) in [5.74, 6) is -1.71. The Labute approximate surface area is 108 Å². The molecule has 0 aliphatic rings. The minimum absolute atomic E-state index is 0.131. The number of benzene rings is 1. The van der Waals surface area contributed by atoms with E-state index in [9.17, 15) is 13.6 Å². The predicted molar refractivity (Wildman–Crippen MR) is 65.2 cm³/mol. The quantitative estimate of drug-likeness (QED) is 0.889. The van der Waals surface area contributed by atoms with Gasteiger partial charge in [0.2, 0.25) is 5.91 Å². The van der Waals surface area contributed by atoms with Crippen LogP contribution in [0, 0.1) is 11.6 Å². The molecule has 19 heavy (non-hydrogen) atoms.